The summed E-state index contributed by atoms with van der Waals surface area (Å²) in [6.45, 7) is 4.51. The van der Waals surface area contributed by atoms with E-state index in [1.54, 1.807) is 0 Å². The summed E-state index contributed by atoms with van der Waals surface area (Å²) in [5, 5.41) is 3.41. The van der Waals surface area contributed by atoms with Crippen LogP contribution in [0, 0.1) is 0 Å². The third-order valence-electron chi connectivity index (χ3n) is 1.26. The van der Waals surface area contributed by atoms with Gasteiger partial charge in [-0.25, -0.2) is 0 Å². The van der Waals surface area contributed by atoms with E-state index in [4.69, 9.17) is 0 Å². The summed E-state index contributed by atoms with van der Waals surface area (Å²) in [5.74, 6) is 0. The molecule has 2 heteroatoms. The molecule has 1 fully saturated rings. The van der Waals surface area contributed by atoms with Crippen molar-refractivity contribution in [3.8, 4) is 0 Å². The average molecular weight is 149 g/mol. The maximum absolute atomic E-state index is 3.41. The predicted octanol–water partition coefficient (Wildman–Crippen LogP) is 2.28. The molecule has 58 valence electrons. The van der Waals surface area contributed by atoms with E-state index in [2.05, 4.69) is 19.2 Å². The van der Waals surface area contributed by atoms with Gasteiger partial charge < -0.3 is 5.32 Å². The maximum Gasteiger partial charge on any atom is 0.0165 e. The van der Waals surface area contributed by atoms with Crippen LogP contribution in [0.1, 0.15) is 28.7 Å². The Morgan fingerprint density at radius 3 is 2.00 bits per heavy atom. The van der Waals surface area contributed by atoms with Gasteiger partial charge in [-0.15, -0.1) is 8.58 Å². The third kappa shape index (κ3) is 3.89. The molecule has 0 aliphatic carbocycles. The van der Waals surface area contributed by atoms with Gasteiger partial charge in [-0.3, -0.25) is 0 Å². The Labute approximate surface area is 61.4 Å². The lowest BCUT2D eigenvalue weighted by Crippen LogP contribution is -2.34. The van der Waals surface area contributed by atoms with Gasteiger partial charge >= 0.3 is 0 Å². The second kappa shape index (κ2) is 4.24. The molecule has 1 saturated heterocycles. The predicted molar refractivity (Wildman–Crippen MR) is 48.7 cm³/mol. The Morgan fingerprint density at radius 1 is 1.33 bits per heavy atom. The summed E-state index contributed by atoms with van der Waals surface area (Å²) in [4.78, 5) is 0. The Balaban J connectivity index is 0. The fourth-order valence-electron chi connectivity index (χ4n) is 0.739. The first kappa shape index (κ1) is 12.1. The molecule has 1 aliphatic rings. The summed E-state index contributed by atoms with van der Waals surface area (Å²) in [5.41, 5.74) is 0.457. The summed E-state index contributed by atoms with van der Waals surface area (Å²) < 4.78 is 0. The number of nitrogens with one attached hydrogen (secondary N) is 1. The second-order valence-corrected chi connectivity index (χ2v) is 3.87. The summed E-state index contributed by atoms with van der Waals surface area (Å²) in [6.07, 6.45) is 2.61. The zero-order valence-electron chi connectivity index (χ0n) is 4.91. The fourth-order valence-corrected chi connectivity index (χ4v) is 2.22. The van der Waals surface area contributed by atoms with Gasteiger partial charge in [-0.05, 0) is 20.0 Å². The van der Waals surface area contributed by atoms with Crippen LogP contribution in [0.4, 0.5) is 0 Å². The molecule has 0 aromatic carbocycles. The van der Waals surface area contributed by atoms with Crippen molar-refractivity contribution >= 4 is 8.58 Å². The molecule has 0 radical (unpaired) electrons. The first-order valence-electron chi connectivity index (χ1n) is 2.66. The SMILES string of the molecule is C.C.CC1(C)CPCN1. The smallest absolute Gasteiger partial charge is 0.0165 e. The zero-order valence-corrected chi connectivity index (χ0v) is 5.91. The Morgan fingerprint density at radius 2 is 1.89 bits per heavy atom. The average Bonchev–Trinajstić information content (AvgIpc) is 1.84. The van der Waals surface area contributed by atoms with Crippen molar-refractivity contribution in [1.29, 1.82) is 0 Å². The molecule has 0 bridgehead atoms. The molecule has 1 rings (SSSR count). The van der Waals surface area contributed by atoms with E-state index in [1.165, 1.54) is 12.4 Å². The van der Waals surface area contributed by atoms with Crippen molar-refractivity contribution in [3.05, 3.63) is 0 Å². The van der Waals surface area contributed by atoms with Crippen molar-refractivity contribution in [3.63, 3.8) is 0 Å². The lowest BCUT2D eigenvalue weighted by atomic mass is 10.1. The molecule has 0 aromatic rings. The largest absolute Gasteiger partial charge is 0.308 e. The number of hydrogen-bond acceptors (Lipinski definition) is 1. The van der Waals surface area contributed by atoms with E-state index >= 15 is 0 Å². The van der Waals surface area contributed by atoms with E-state index in [9.17, 15) is 0 Å². The van der Waals surface area contributed by atoms with E-state index in [0.29, 0.717) is 5.54 Å². The van der Waals surface area contributed by atoms with Crippen LogP contribution in [-0.4, -0.2) is 18.0 Å². The highest BCUT2D eigenvalue weighted by Crippen LogP contribution is 2.24. The molecule has 1 atom stereocenters. The minimum atomic E-state index is 0. The van der Waals surface area contributed by atoms with Gasteiger partial charge in [0, 0.05) is 11.8 Å². The van der Waals surface area contributed by atoms with Gasteiger partial charge in [0.05, 0.1) is 0 Å². The summed E-state index contributed by atoms with van der Waals surface area (Å²) in [6, 6.07) is 0. The lowest BCUT2D eigenvalue weighted by Gasteiger charge is -2.15. The molecule has 1 heterocycles. The van der Waals surface area contributed by atoms with Gasteiger partial charge in [0.2, 0.25) is 0 Å². The minimum Gasteiger partial charge on any atom is -0.308 e. The first-order valence-corrected chi connectivity index (χ1v) is 4.08. The van der Waals surface area contributed by atoms with Crippen molar-refractivity contribution in [2.45, 2.75) is 34.2 Å². The number of rotatable bonds is 0. The summed E-state index contributed by atoms with van der Waals surface area (Å²) >= 11 is 0. The van der Waals surface area contributed by atoms with E-state index in [0.717, 1.165) is 8.58 Å². The van der Waals surface area contributed by atoms with E-state index in [1.807, 2.05) is 0 Å². The van der Waals surface area contributed by atoms with Gasteiger partial charge in [-0.1, -0.05) is 14.9 Å². The maximum atomic E-state index is 3.41. The van der Waals surface area contributed by atoms with Crippen LogP contribution in [0.5, 0.6) is 0 Å². The standard InChI is InChI=1S/C5H12NP.2CH4/c1-5(2)3-7-4-6-5;;/h6-7H,3-4H2,1-2H3;2*1H4. The fraction of sp³-hybridized carbons (Fsp3) is 1.00. The van der Waals surface area contributed by atoms with E-state index < -0.39 is 0 Å². The molecule has 1 N–H and O–H groups in total. The monoisotopic (exact) mass is 149 g/mol. The Hall–Kier alpha value is 0.390. The van der Waals surface area contributed by atoms with Gasteiger partial charge in [0.25, 0.3) is 0 Å². The van der Waals surface area contributed by atoms with Crippen LogP contribution < -0.4 is 5.32 Å². The summed E-state index contributed by atoms with van der Waals surface area (Å²) in [7, 11) is 1.15. The normalized spacial score (nSPS) is 24.7. The van der Waals surface area contributed by atoms with Crippen molar-refractivity contribution in [2.24, 2.45) is 0 Å². The molecular weight excluding hydrogens is 129 g/mol. The van der Waals surface area contributed by atoms with Crippen molar-refractivity contribution in [2.75, 3.05) is 12.4 Å². The van der Waals surface area contributed by atoms with E-state index in [-0.39, 0.29) is 14.9 Å². The van der Waals surface area contributed by atoms with Gasteiger partial charge in [0.15, 0.2) is 0 Å². The van der Waals surface area contributed by atoms with Crippen LogP contribution in [-0.2, 0) is 0 Å². The van der Waals surface area contributed by atoms with Gasteiger partial charge in [0.1, 0.15) is 0 Å². The molecular formula is C7H20NP. The molecule has 0 saturated carbocycles. The quantitative estimate of drug-likeness (QED) is 0.521. The minimum absolute atomic E-state index is 0. The molecule has 1 nitrogen and oxygen atoms in total. The second-order valence-electron chi connectivity index (χ2n) is 2.66. The molecule has 1 aliphatic heterocycles. The van der Waals surface area contributed by atoms with Crippen LogP contribution in [0.2, 0.25) is 0 Å². The van der Waals surface area contributed by atoms with Crippen LogP contribution >= 0.6 is 8.58 Å². The molecule has 0 aromatic heterocycles. The third-order valence-corrected chi connectivity index (χ3v) is 2.82. The highest BCUT2D eigenvalue weighted by atomic mass is 31.1. The highest BCUT2D eigenvalue weighted by molar-refractivity contribution is 7.38. The Bertz CT molecular complexity index is 63.3. The zero-order chi connectivity index (χ0) is 5.33. The van der Waals surface area contributed by atoms with Crippen molar-refractivity contribution in [1.82, 2.24) is 5.32 Å². The lowest BCUT2D eigenvalue weighted by molar-refractivity contribution is 0.491. The molecule has 1 unspecified atom stereocenters. The van der Waals surface area contributed by atoms with Crippen LogP contribution in [0.15, 0.2) is 0 Å². The topological polar surface area (TPSA) is 12.0 Å². The molecule has 9 heavy (non-hydrogen) atoms. The van der Waals surface area contributed by atoms with Gasteiger partial charge in [-0.2, -0.15) is 0 Å². The molecule has 0 spiro atoms. The first-order chi connectivity index (χ1) is 3.21. The number of hydrogen-bond donors (Lipinski definition) is 1. The molecule has 0 amide bonds. The Kier molecular flexibility index (Phi) is 5.71. The van der Waals surface area contributed by atoms with Crippen LogP contribution in [0.25, 0.3) is 0 Å². The van der Waals surface area contributed by atoms with Crippen molar-refractivity contribution < 1.29 is 0 Å². The van der Waals surface area contributed by atoms with Crippen LogP contribution in [0.3, 0.4) is 0 Å². The highest BCUT2D eigenvalue weighted by Gasteiger charge is 2.20.